The second-order valence-corrected chi connectivity index (χ2v) is 7.32. The van der Waals surface area contributed by atoms with Crippen LogP contribution >= 0.6 is 11.8 Å². The van der Waals surface area contributed by atoms with Crippen LogP contribution < -0.4 is 16.4 Å². The van der Waals surface area contributed by atoms with Crippen molar-refractivity contribution in [3.63, 3.8) is 0 Å². The fourth-order valence-corrected chi connectivity index (χ4v) is 3.08. The van der Waals surface area contributed by atoms with Crippen LogP contribution in [0.2, 0.25) is 0 Å². The highest BCUT2D eigenvalue weighted by Gasteiger charge is 2.16. The van der Waals surface area contributed by atoms with E-state index in [1.165, 1.54) is 11.8 Å². The van der Waals surface area contributed by atoms with Crippen molar-refractivity contribution in [1.29, 1.82) is 0 Å². The maximum Gasteiger partial charge on any atom is 0.234 e. The van der Waals surface area contributed by atoms with Gasteiger partial charge in [0, 0.05) is 11.8 Å². The number of para-hydroxylation sites is 1. The number of nitrogens with two attached hydrogens (primary N) is 1. The number of carbonyl (C=O) groups is 1. The van der Waals surface area contributed by atoms with Gasteiger partial charge in [0.2, 0.25) is 17.8 Å². The van der Waals surface area contributed by atoms with E-state index in [1.807, 2.05) is 37.3 Å². The molecule has 0 spiro atoms. The Morgan fingerprint density at radius 1 is 1.14 bits per heavy atom. The third-order valence-corrected chi connectivity index (χ3v) is 4.87. The third kappa shape index (κ3) is 5.85. The SMILES string of the molecule is CC(SCC(=O)Nc1cc(F)ccc1F)c1nc(N)nc(Nc2ccccc2)n1. The van der Waals surface area contributed by atoms with Crippen molar-refractivity contribution in [3.8, 4) is 0 Å². The van der Waals surface area contributed by atoms with E-state index in [0.717, 1.165) is 23.9 Å². The van der Waals surface area contributed by atoms with Gasteiger partial charge in [-0.05, 0) is 31.2 Å². The van der Waals surface area contributed by atoms with Gasteiger partial charge in [0.1, 0.15) is 17.5 Å². The fraction of sp³-hybridized carbons (Fsp3) is 0.158. The third-order valence-electron chi connectivity index (χ3n) is 3.73. The maximum absolute atomic E-state index is 13.6. The van der Waals surface area contributed by atoms with Crippen LogP contribution in [-0.2, 0) is 4.79 Å². The maximum atomic E-state index is 13.6. The molecule has 150 valence electrons. The number of nitrogen functional groups attached to an aromatic ring is 1. The summed E-state index contributed by atoms with van der Waals surface area (Å²) < 4.78 is 26.8. The van der Waals surface area contributed by atoms with Crippen molar-refractivity contribution < 1.29 is 13.6 Å². The van der Waals surface area contributed by atoms with E-state index in [2.05, 4.69) is 25.6 Å². The summed E-state index contributed by atoms with van der Waals surface area (Å²) in [5.74, 6) is -1.10. The van der Waals surface area contributed by atoms with Crippen LogP contribution in [0.1, 0.15) is 18.0 Å². The molecule has 1 heterocycles. The molecule has 10 heteroatoms. The molecule has 0 aliphatic carbocycles. The number of thioether (sulfide) groups is 1. The Labute approximate surface area is 170 Å². The Balaban J connectivity index is 1.62. The number of benzene rings is 2. The summed E-state index contributed by atoms with van der Waals surface area (Å²) >= 11 is 1.23. The molecule has 2 aromatic carbocycles. The first-order valence-corrected chi connectivity index (χ1v) is 9.65. The first kappa shape index (κ1) is 20.5. The van der Waals surface area contributed by atoms with Crippen molar-refractivity contribution in [2.24, 2.45) is 0 Å². The Morgan fingerprint density at radius 2 is 1.90 bits per heavy atom. The molecule has 0 aliphatic heterocycles. The zero-order valence-electron chi connectivity index (χ0n) is 15.4. The summed E-state index contributed by atoms with van der Waals surface area (Å²) in [6, 6.07) is 12.2. The van der Waals surface area contributed by atoms with Gasteiger partial charge in [-0.15, -0.1) is 11.8 Å². The molecule has 3 aromatic rings. The largest absolute Gasteiger partial charge is 0.368 e. The standard InChI is InChI=1S/C19H18F2N6OS/c1-11(29-10-16(28)24-15-9-12(20)7-8-14(15)21)17-25-18(22)27-19(26-17)23-13-5-3-2-4-6-13/h2-9,11H,10H2,1H3,(H,24,28)(H3,22,23,25,26,27). The molecule has 1 amide bonds. The molecule has 0 fully saturated rings. The predicted molar refractivity (Wildman–Crippen MR) is 110 cm³/mol. The van der Waals surface area contributed by atoms with E-state index in [0.29, 0.717) is 5.82 Å². The molecule has 1 unspecified atom stereocenters. The molecule has 0 saturated heterocycles. The van der Waals surface area contributed by atoms with Gasteiger partial charge in [0.05, 0.1) is 16.7 Å². The van der Waals surface area contributed by atoms with E-state index in [1.54, 1.807) is 0 Å². The molecule has 4 N–H and O–H groups in total. The minimum atomic E-state index is -0.709. The van der Waals surface area contributed by atoms with Gasteiger partial charge in [-0.2, -0.15) is 15.0 Å². The van der Waals surface area contributed by atoms with Crippen LogP contribution in [0.15, 0.2) is 48.5 Å². The van der Waals surface area contributed by atoms with Crippen molar-refractivity contribution in [3.05, 3.63) is 66.0 Å². The molecule has 1 atom stereocenters. The number of anilines is 4. The number of nitrogens with zero attached hydrogens (tertiary/aromatic N) is 3. The Bertz CT molecular complexity index is 1010. The molecule has 0 aliphatic rings. The molecule has 0 saturated carbocycles. The molecular formula is C19H18F2N6OS. The van der Waals surface area contributed by atoms with Crippen LogP contribution in [-0.4, -0.2) is 26.6 Å². The summed E-state index contributed by atoms with van der Waals surface area (Å²) in [4.78, 5) is 24.6. The lowest BCUT2D eigenvalue weighted by Crippen LogP contribution is -2.16. The summed E-state index contributed by atoms with van der Waals surface area (Å²) in [6.45, 7) is 1.81. The van der Waals surface area contributed by atoms with Crippen molar-refractivity contribution in [2.75, 3.05) is 22.1 Å². The highest BCUT2D eigenvalue weighted by molar-refractivity contribution is 8.00. The average Bonchev–Trinajstić information content (AvgIpc) is 2.69. The zero-order valence-corrected chi connectivity index (χ0v) is 16.2. The van der Waals surface area contributed by atoms with Gasteiger partial charge in [-0.3, -0.25) is 4.79 Å². The first-order valence-electron chi connectivity index (χ1n) is 8.61. The van der Waals surface area contributed by atoms with Gasteiger partial charge in [-0.1, -0.05) is 18.2 Å². The van der Waals surface area contributed by atoms with Gasteiger partial charge in [0.25, 0.3) is 0 Å². The van der Waals surface area contributed by atoms with E-state index < -0.39 is 17.5 Å². The van der Waals surface area contributed by atoms with E-state index in [9.17, 15) is 13.6 Å². The highest BCUT2D eigenvalue weighted by atomic mass is 32.2. The predicted octanol–water partition coefficient (Wildman–Crippen LogP) is 3.91. The van der Waals surface area contributed by atoms with Crippen molar-refractivity contribution >= 4 is 40.9 Å². The monoisotopic (exact) mass is 416 g/mol. The Hall–Kier alpha value is -3.27. The second kappa shape index (κ2) is 9.28. The number of rotatable bonds is 7. The van der Waals surface area contributed by atoms with Crippen LogP contribution in [0.25, 0.3) is 0 Å². The fourth-order valence-electron chi connectivity index (χ4n) is 2.35. The summed E-state index contributed by atoms with van der Waals surface area (Å²) in [7, 11) is 0. The van der Waals surface area contributed by atoms with E-state index in [4.69, 9.17) is 5.73 Å². The highest BCUT2D eigenvalue weighted by Crippen LogP contribution is 2.27. The lowest BCUT2D eigenvalue weighted by molar-refractivity contribution is -0.113. The van der Waals surface area contributed by atoms with Gasteiger partial charge >= 0.3 is 0 Å². The molecule has 3 rings (SSSR count). The number of nitrogens with one attached hydrogen (secondary N) is 2. The van der Waals surface area contributed by atoms with E-state index in [-0.39, 0.29) is 28.6 Å². The quantitative estimate of drug-likeness (QED) is 0.536. The van der Waals surface area contributed by atoms with Gasteiger partial charge < -0.3 is 16.4 Å². The second-order valence-electron chi connectivity index (χ2n) is 5.99. The average molecular weight is 416 g/mol. The molecule has 7 nitrogen and oxygen atoms in total. The molecule has 0 bridgehead atoms. The topological polar surface area (TPSA) is 106 Å². The van der Waals surface area contributed by atoms with Crippen LogP contribution in [0.3, 0.4) is 0 Å². The minimum absolute atomic E-state index is 0.00977. The van der Waals surface area contributed by atoms with Crippen LogP contribution in [0.4, 0.5) is 32.1 Å². The number of hydrogen-bond acceptors (Lipinski definition) is 7. The number of hydrogen-bond donors (Lipinski definition) is 3. The lowest BCUT2D eigenvalue weighted by atomic mass is 10.3. The van der Waals surface area contributed by atoms with Crippen LogP contribution in [0.5, 0.6) is 0 Å². The van der Waals surface area contributed by atoms with Crippen molar-refractivity contribution in [2.45, 2.75) is 12.2 Å². The smallest absolute Gasteiger partial charge is 0.234 e. The molecule has 0 radical (unpaired) electrons. The lowest BCUT2D eigenvalue weighted by Gasteiger charge is -2.12. The van der Waals surface area contributed by atoms with Gasteiger partial charge in [0.15, 0.2) is 0 Å². The van der Waals surface area contributed by atoms with E-state index >= 15 is 0 Å². The molecular weight excluding hydrogens is 398 g/mol. The van der Waals surface area contributed by atoms with Crippen LogP contribution in [0, 0.1) is 11.6 Å². The minimum Gasteiger partial charge on any atom is -0.368 e. The summed E-state index contributed by atoms with van der Waals surface area (Å²) in [5, 5.41) is 5.10. The first-order chi connectivity index (χ1) is 13.9. The Kier molecular flexibility index (Phi) is 6.55. The number of aromatic nitrogens is 3. The summed E-state index contributed by atoms with van der Waals surface area (Å²) in [5.41, 5.74) is 6.36. The zero-order chi connectivity index (χ0) is 20.8. The number of carbonyl (C=O) groups excluding carboxylic acids is 1. The normalized spacial score (nSPS) is 11.7. The van der Waals surface area contributed by atoms with Crippen molar-refractivity contribution in [1.82, 2.24) is 15.0 Å². The van der Waals surface area contributed by atoms with Gasteiger partial charge in [-0.25, -0.2) is 8.78 Å². The number of amides is 1. The summed E-state index contributed by atoms with van der Waals surface area (Å²) in [6.07, 6.45) is 0. The molecule has 1 aromatic heterocycles. The molecule has 29 heavy (non-hydrogen) atoms. The number of halogens is 2. The Morgan fingerprint density at radius 3 is 2.66 bits per heavy atom.